The van der Waals surface area contributed by atoms with Crippen LogP contribution >= 0.6 is 11.6 Å². The van der Waals surface area contributed by atoms with Gasteiger partial charge < -0.3 is 20.1 Å². The summed E-state index contributed by atoms with van der Waals surface area (Å²) in [4.78, 5) is 15.5. The van der Waals surface area contributed by atoms with Crippen molar-refractivity contribution in [2.75, 3.05) is 26.1 Å². The molecule has 2 aromatic carbocycles. The molecule has 0 aromatic heterocycles. The molecule has 0 bridgehead atoms. The summed E-state index contributed by atoms with van der Waals surface area (Å²) in [6.07, 6.45) is 7.97. The molecular weight excluding hydrogens is 450 g/mol. The van der Waals surface area contributed by atoms with Crippen LogP contribution in [0.15, 0.2) is 42.5 Å². The first-order valence-electron chi connectivity index (χ1n) is 12.3. The fourth-order valence-electron chi connectivity index (χ4n) is 6.27. The summed E-state index contributed by atoms with van der Waals surface area (Å²) in [5.74, 6) is 1.55. The first-order valence-corrected chi connectivity index (χ1v) is 12.7. The van der Waals surface area contributed by atoms with Gasteiger partial charge in [-0.1, -0.05) is 30.2 Å². The minimum Gasteiger partial charge on any atom is -0.493 e. The van der Waals surface area contributed by atoms with Gasteiger partial charge in [0.15, 0.2) is 11.5 Å². The van der Waals surface area contributed by atoms with Gasteiger partial charge in [0.05, 0.1) is 14.2 Å². The number of hydrogen-bond acceptors (Lipinski definition) is 4. The number of rotatable bonds is 6. The highest BCUT2D eigenvalue weighted by molar-refractivity contribution is 6.30. The largest absolute Gasteiger partial charge is 0.493 e. The molecule has 7 heteroatoms. The number of halogens is 1. The second-order valence-corrected chi connectivity index (χ2v) is 10.3. The van der Waals surface area contributed by atoms with Crippen LogP contribution in [0.4, 0.5) is 10.5 Å². The summed E-state index contributed by atoms with van der Waals surface area (Å²) in [5, 5.41) is 6.78. The number of ether oxygens (including phenoxy) is 2. The topological polar surface area (TPSA) is 62.8 Å². The predicted octanol–water partition coefficient (Wildman–Crippen LogP) is 5.60. The van der Waals surface area contributed by atoms with Gasteiger partial charge in [-0.15, -0.1) is 0 Å². The van der Waals surface area contributed by atoms with Crippen molar-refractivity contribution in [2.24, 2.45) is 0 Å². The third-order valence-corrected chi connectivity index (χ3v) is 8.46. The number of fused-ring (bicyclic) bond motifs is 1. The lowest BCUT2D eigenvalue weighted by atomic mass is 9.64. The zero-order chi connectivity index (χ0) is 23.7. The number of amides is 2. The quantitative estimate of drug-likeness (QED) is 0.561. The van der Waals surface area contributed by atoms with Crippen molar-refractivity contribution in [1.82, 2.24) is 10.2 Å². The average molecular weight is 484 g/mol. The Kier molecular flexibility index (Phi) is 6.63. The number of nitrogens with one attached hydrogen (secondary N) is 2. The van der Waals surface area contributed by atoms with Gasteiger partial charge in [0.2, 0.25) is 0 Å². The Morgan fingerprint density at radius 3 is 2.59 bits per heavy atom. The van der Waals surface area contributed by atoms with Crippen LogP contribution in [0.5, 0.6) is 11.5 Å². The van der Waals surface area contributed by atoms with Crippen molar-refractivity contribution in [3.05, 3.63) is 53.1 Å². The molecule has 182 valence electrons. The Bertz CT molecular complexity index is 1040. The van der Waals surface area contributed by atoms with Crippen LogP contribution in [0.1, 0.15) is 50.5 Å². The van der Waals surface area contributed by atoms with Crippen LogP contribution in [0.2, 0.25) is 5.02 Å². The van der Waals surface area contributed by atoms with E-state index in [4.69, 9.17) is 21.1 Å². The average Bonchev–Trinajstić information content (AvgIpc) is 3.17. The van der Waals surface area contributed by atoms with Crippen LogP contribution in [0.25, 0.3) is 0 Å². The van der Waals surface area contributed by atoms with Crippen molar-refractivity contribution in [1.29, 1.82) is 0 Å². The second-order valence-electron chi connectivity index (χ2n) is 9.89. The molecule has 2 saturated carbocycles. The van der Waals surface area contributed by atoms with Gasteiger partial charge in [0.1, 0.15) is 0 Å². The van der Waals surface area contributed by atoms with Crippen LogP contribution in [0.3, 0.4) is 0 Å². The van der Waals surface area contributed by atoms with E-state index in [-0.39, 0.29) is 17.5 Å². The number of hydrogen-bond donors (Lipinski definition) is 2. The molecule has 1 saturated heterocycles. The highest BCUT2D eigenvalue weighted by Crippen LogP contribution is 2.52. The molecule has 2 aromatic rings. The highest BCUT2D eigenvalue weighted by Gasteiger charge is 2.53. The molecule has 3 fully saturated rings. The molecule has 2 aliphatic carbocycles. The first-order chi connectivity index (χ1) is 16.5. The maximum Gasteiger partial charge on any atom is 0.319 e. The number of anilines is 1. The van der Waals surface area contributed by atoms with Crippen LogP contribution in [0, 0.1) is 0 Å². The molecule has 3 aliphatic rings. The molecule has 3 atom stereocenters. The van der Waals surface area contributed by atoms with E-state index in [9.17, 15) is 4.79 Å². The van der Waals surface area contributed by atoms with E-state index in [2.05, 4.69) is 27.7 Å². The molecule has 1 aliphatic heterocycles. The van der Waals surface area contributed by atoms with E-state index in [0.717, 1.165) is 43.7 Å². The summed E-state index contributed by atoms with van der Waals surface area (Å²) < 4.78 is 11.1. The number of carbonyl (C=O) groups is 1. The number of urea groups is 1. The molecule has 2 N–H and O–H groups in total. The van der Waals surface area contributed by atoms with Crippen molar-refractivity contribution in [3.63, 3.8) is 0 Å². The van der Waals surface area contributed by atoms with Gasteiger partial charge in [-0.05, 0) is 81.0 Å². The number of methoxy groups -OCH3 is 2. The Hall–Kier alpha value is -2.44. The summed E-state index contributed by atoms with van der Waals surface area (Å²) >= 11 is 6.07. The molecular formula is C27H34ClN3O3. The standard InChI is InChI=1S/C27H34ClN3O3/c1-33-23-10-9-18(15-24(23)34-2)27-12-11-21(17-25(27)31(14-13-27)22-7-4-8-22)30-26(32)29-20-6-3-5-19(28)16-20/h3,5-6,9-10,15-16,21-22,25H,4,7-8,11-14,17H2,1-2H3,(H2,29,30,32)/t21-,25+,27-/m0/s1. The molecule has 1 heterocycles. The van der Waals surface area contributed by atoms with Gasteiger partial charge in [-0.3, -0.25) is 4.90 Å². The normalized spacial score (nSPS) is 26.9. The van der Waals surface area contributed by atoms with E-state index >= 15 is 0 Å². The number of benzene rings is 2. The third-order valence-electron chi connectivity index (χ3n) is 8.22. The van der Waals surface area contributed by atoms with Gasteiger partial charge >= 0.3 is 6.03 Å². The van der Waals surface area contributed by atoms with Crippen molar-refractivity contribution in [2.45, 2.75) is 68.5 Å². The van der Waals surface area contributed by atoms with Crippen LogP contribution in [-0.4, -0.2) is 49.8 Å². The highest BCUT2D eigenvalue weighted by atomic mass is 35.5. The summed E-state index contributed by atoms with van der Waals surface area (Å²) in [6, 6.07) is 14.7. The summed E-state index contributed by atoms with van der Waals surface area (Å²) in [5.41, 5.74) is 2.12. The zero-order valence-corrected chi connectivity index (χ0v) is 20.7. The fourth-order valence-corrected chi connectivity index (χ4v) is 6.46. The number of carbonyl (C=O) groups excluding carboxylic acids is 1. The predicted molar refractivity (Wildman–Crippen MR) is 135 cm³/mol. The third kappa shape index (κ3) is 4.34. The van der Waals surface area contributed by atoms with Crippen molar-refractivity contribution in [3.8, 4) is 11.5 Å². The maximum absolute atomic E-state index is 12.8. The minimum atomic E-state index is -0.168. The molecule has 34 heavy (non-hydrogen) atoms. The lowest BCUT2D eigenvalue weighted by molar-refractivity contribution is 0.0646. The summed E-state index contributed by atoms with van der Waals surface area (Å²) in [7, 11) is 3.38. The first kappa shape index (κ1) is 23.3. The van der Waals surface area contributed by atoms with Gasteiger partial charge in [-0.25, -0.2) is 4.79 Å². The molecule has 0 unspecified atom stereocenters. The molecule has 2 amide bonds. The Labute approximate surface area is 206 Å². The summed E-state index contributed by atoms with van der Waals surface area (Å²) in [6.45, 7) is 1.12. The van der Waals surface area contributed by atoms with E-state index < -0.39 is 0 Å². The minimum absolute atomic E-state index is 0.0801. The molecule has 0 radical (unpaired) electrons. The zero-order valence-electron chi connectivity index (χ0n) is 20.0. The van der Waals surface area contributed by atoms with E-state index in [1.165, 1.54) is 24.8 Å². The number of likely N-dealkylation sites (tertiary alicyclic amines) is 1. The van der Waals surface area contributed by atoms with Crippen molar-refractivity contribution >= 4 is 23.3 Å². The van der Waals surface area contributed by atoms with E-state index in [1.54, 1.807) is 26.4 Å². The van der Waals surface area contributed by atoms with E-state index in [0.29, 0.717) is 22.8 Å². The maximum atomic E-state index is 12.8. The monoisotopic (exact) mass is 483 g/mol. The van der Waals surface area contributed by atoms with Gasteiger partial charge in [-0.2, -0.15) is 0 Å². The van der Waals surface area contributed by atoms with Gasteiger partial charge in [0, 0.05) is 34.3 Å². The Morgan fingerprint density at radius 1 is 1.06 bits per heavy atom. The molecule has 6 nitrogen and oxygen atoms in total. The SMILES string of the molecule is COc1ccc([C@@]23CC[C@H](NC(=O)Nc4cccc(Cl)c4)C[C@H]2N(C2CCC2)CC3)cc1OC. The van der Waals surface area contributed by atoms with Crippen LogP contribution in [-0.2, 0) is 5.41 Å². The number of nitrogens with zero attached hydrogens (tertiary/aromatic N) is 1. The Balaban J connectivity index is 1.36. The molecule has 5 rings (SSSR count). The van der Waals surface area contributed by atoms with Crippen LogP contribution < -0.4 is 20.1 Å². The van der Waals surface area contributed by atoms with Gasteiger partial charge in [0.25, 0.3) is 0 Å². The van der Waals surface area contributed by atoms with E-state index in [1.807, 2.05) is 18.2 Å². The Morgan fingerprint density at radius 2 is 1.88 bits per heavy atom. The van der Waals surface area contributed by atoms with Crippen molar-refractivity contribution < 1.29 is 14.3 Å². The molecule has 0 spiro atoms. The lowest BCUT2D eigenvalue weighted by Gasteiger charge is -2.48. The lowest BCUT2D eigenvalue weighted by Crippen LogP contribution is -2.55. The second kappa shape index (κ2) is 9.67. The fraction of sp³-hybridized carbons (Fsp3) is 0.519. The smallest absolute Gasteiger partial charge is 0.319 e.